The molecular formula is C18H28N2O. The molecule has 1 aliphatic rings. The molecule has 2 rings (SSSR count). The van der Waals surface area contributed by atoms with Gasteiger partial charge < -0.3 is 11.1 Å². The molecule has 0 unspecified atom stereocenters. The second kappa shape index (κ2) is 5.80. The maximum atomic E-state index is 11.7. The highest BCUT2D eigenvalue weighted by atomic mass is 16.2. The summed E-state index contributed by atoms with van der Waals surface area (Å²) in [5.74, 6) is -0.0624. The van der Waals surface area contributed by atoms with Gasteiger partial charge in [0.2, 0.25) is 5.91 Å². The Bertz CT molecular complexity index is 493. The molecule has 3 nitrogen and oxygen atoms in total. The minimum atomic E-state index is -0.439. The van der Waals surface area contributed by atoms with Gasteiger partial charge in [-0.25, -0.2) is 0 Å². The Hall–Kier alpha value is -1.35. The molecule has 0 radical (unpaired) electrons. The van der Waals surface area contributed by atoms with Crippen LogP contribution in [0.5, 0.6) is 0 Å². The lowest BCUT2D eigenvalue weighted by Gasteiger charge is -2.43. The van der Waals surface area contributed by atoms with Gasteiger partial charge >= 0.3 is 0 Å². The van der Waals surface area contributed by atoms with Gasteiger partial charge in [0.15, 0.2) is 0 Å². The number of nitrogens with two attached hydrogens (primary N) is 1. The van der Waals surface area contributed by atoms with Crippen molar-refractivity contribution in [1.82, 2.24) is 5.32 Å². The molecule has 1 aliphatic carbocycles. The molecule has 1 amide bonds. The standard InChI is InChI=1S/C18H28N2O/c1-13(19)16(21)20-12-18(10-5-11-18)15-8-6-14(7-9-15)17(2,3)4/h6-9,13H,5,10-12,19H2,1-4H3,(H,20,21)/t13-/m1/s1. The van der Waals surface area contributed by atoms with Crippen LogP contribution in [0.2, 0.25) is 0 Å². The summed E-state index contributed by atoms with van der Waals surface area (Å²) in [7, 11) is 0. The third-order valence-electron chi connectivity index (χ3n) is 4.69. The molecule has 0 saturated heterocycles. The van der Waals surface area contributed by atoms with E-state index in [0.717, 1.165) is 12.8 Å². The lowest BCUT2D eigenvalue weighted by molar-refractivity contribution is -0.122. The molecule has 0 aromatic heterocycles. The fourth-order valence-corrected chi connectivity index (χ4v) is 2.91. The van der Waals surface area contributed by atoms with E-state index in [-0.39, 0.29) is 16.7 Å². The fraction of sp³-hybridized carbons (Fsp3) is 0.611. The molecule has 1 aromatic carbocycles. The van der Waals surface area contributed by atoms with Gasteiger partial charge in [0.05, 0.1) is 6.04 Å². The first-order valence-corrected chi connectivity index (χ1v) is 7.89. The number of rotatable bonds is 4. The number of hydrogen-bond acceptors (Lipinski definition) is 2. The predicted molar refractivity (Wildman–Crippen MR) is 87.3 cm³/mol. The second-order valence-corrected chi connectivity index (χ2v) is 7.47. The number of nitrogens with one attached hydrogen (secondary N) is 1. The Balaban J connectivity index is 2.12. The van der Waals surface area contributed by atoms with Gasteiger partial charge in [-0.2, -0.15) is 0 Å². The summed E-state index contributed by atoms with van der Waals surface area (Å²) in [5.41, 5.74) is 8.59. The van der Waals surface area contributed by atoms with Crippen LogP contribution in [0.3, 0.4) is 0 Å². The smallest absolute Gasteiger partial charge is 0.236 e. The molecule has 3 N–H and O–H groups in total. The zero-order valence-electron chi connectivity index (χ0n) is 13.7. The third-order valence-corrected chi connectivity index (χ3v) is 4.69. The van der Waals surface area contributed by atoms with E-state index in [9.17, 15) is 4.79 Å². The highest BCUT2D eigenvalue weighted by molar-refractivity contribution is 5.81. The Morgan fingerprint density at radius 1 is 1.29 bits per heavy atom. The first-order valence-electron chi connectivity index (χ1n) is 7.89. The van der Waals surface area contributed by atoms with Crippen molar-refractivity contribution in [3.05, 3.63) is 35.4 Å². The van der Waals surface area contributed by atoms with E-state index in [1.165, 1.54) is 17.5 Å². The van der Waals surface area contributed by atoms with Crippen LogP contribution >= 0.6 is 0 Å². The molecule has 1 saturated carbocycles. The number of carbonyl (C=O) groups is 1. The van der Waals surface area contributed by atoms with Gasteiger partial charge in [0.1, 0.15) is 0 Å². The van der Waals surface area contributed by atoms with E-state index in [2.05, 4.69) is 50.4 Å². The predicted octanol–water partition coefficient (Wildman–Crippen LogP) is 2.87. The lowest BCUT2D eigenvalue weighted by Crippen LogP contribution is -2.49. The molecule has 0 heterocycles. The topological polar surface area (TPSA) is 55.1 Å². The minimum absolute atomic E-state index is 0.0624. The molecule has 1 fully saturated rings. The highest BCUT2D eigenvalue weighted by Gasteiger charge is 2.39. The van der Waals surface area contributed by atoms with Gasteiger partial charge in [-0.3, -0.25) is 4.79 Å². The van der Waals surface area contributed by atoms with E-state index in [1.807, 2.05) is 0 Å². The van der Waals surface area contributed by atoms with Crippen LogP contribution in [-0.4, -0.2) is 18.5 Å². The van der Waals surface area contributed by atoms with Crippen molar-refractivity contribution in [2.75, 3.05) is 6.54 Å². The fourth-order valence-electron chi connectivity index (χ4n) is 2.91. The van der Waals surface area contributed by atoms with Crippen molar-refractivity contribution in [1.29, 1.82) is 0 Å². The van der Waals surface area contributed by atoms with Crippen LogP contribution < -0.4 is 11.1 Å². The SMILES string of the molecule is C[C@@H](N)C(=O)NCC1(c2ccc(C(C)(C)C)cc2)CCC1. The van der Waals surface area contributed by atoms with Crippen molar-refractivity contribution < 1.29 is 4.79 Å². The molecule has 1 atom stereocenters. The van der Waals surface area contributed by atoms with Crippen molar-refractivity contribution >= 4 is 5.91 Å². The summed E-state index contributed by atoms with van der Waals surface area (Å²) in [6.07, 6.45) is 3.51. The summed E-state index contributed by atoms with van der Waals surface area (Å²) in [4.78, 5) is 11.7. The Morgan fingerprint density at radius 3 is 2.24 bits per heavy atom. The molecule has 0 aliphatic heterocycles. The van der Waals surface area contributed by atoms with E-state index < -0.39 is 6.04 Å². The first kappa shape index (κ1) is 16.0. The largest absolute Gasteiger partial charge is 0.354 e. The van der Waals surface area contributed by atoms with Gasteiger partial charge in [-0.1, -0.05) is 51.5 Å². The first-order chi connectivity index (χ1) is 9.74. The second-order valence-electron chi connectivity index (χ2n) is 7.47. The summed E-state index contributed by atoms with van der Waals surface area (Å²) in [6, 6.07) is 8.48. The number of carbonyl (C=O) groups excluding carboxylic acids is 1. The molecule has 3 heteroatoms. The zero-order chi connectivity index (χ0) is 15.7. The number of hydrogen-bond donors (Lipinski definition) is 2. The minimum Gasteiger partial charge on any atom is -0.354 e. The summed E-state index contributed by atoms with van der Waals surface area (Å²) in [5, 5.41) is 3.00. The molecule has 21 heavy (non-hydrogen) atoms. The van der Waals surface area contributed by atoms with Crippen molar-refractivity contribution in [3.8, 4) is 0 Å². The third kappa shape index (κ3) is 3.46. The van der Waals surface area contributed by atoms with Crippen LogP contribution in [-0.2, 0) is 15.6 Å². The van der Waals surface area contributed by atoms with Crippen LogP contribution in [0.15, 0.2) is 24.3 Å². The number of benzene rings is 1. The molecule has 0 spiro atoms. The van der Waals surface area contributed by atoms with E-state index >= 15 is 0 Å². The zero-order valence-corrected chi connectivity index (χ0v) is 13.7. The maximum absolute atomic E-state index is 11.7. The lowest BCUT2D eigenvalue weighted by atomic mass is 9.64. The summed E-state index contributed by atoms with van der Waals surface area (Å²) in [6.45, 7) is 9.10. The Labute approximate surface area is 128 Å². The van der Waals surface area contributed by atoms with Crippen LogP contribution in [0.25, 0.3) is 0 Å². The molecule has 1 aromatic rings. The quantitative estimate of drug-likeness (QED) is 0.895. The Kier molecular flexibility index (Phi) is 4.43. The maximum Gasteiger partial charge on any atom is 0.236 e. The average molecular weight is 288 g/mol. The van der Waals surface area contributed by atoms with Crippen molar-refractivity contribution in [3.63, 3.8) is 0 Å². The molecular weight excluding hydrogens is 260 g/mol. The summed E-state index contributed by atoms with van der Waals surface area (Å²) >= 11 is 0. The average Bonchev–Trinajstić information content (AvgIpc) is 2.36. The normalized spacial score (nSPS) is 18.7. The van der Waals surface area contributed by atoms with E-state index in [4.69, 9.17) is 5.73 Å². The summed E-state index contributed by atoms with van der Waals surface area (Å²) < 4.78 is 0. The van der Waals surface area contributed by atoms with Crippen LogP contribution in [0.1, 0.15) is 58.1 Å². The van der Waals surface area contributed by atoms with Gasteiger partial charge in [0.25, 0.3) is 0 Å². The molecule has 116 valence electrons. The Morgan fingerprint density at radius 2 is 1.86 bits per heavy atom. The van der Waals surface area contributed by atoms with Crippen molar-refractivity contribution in [2.45, 2.75) is 63.8 Å². The van der Waals surface area contributed by atoms with E-state index in [0.29, 0.717) is 6.54 Å². The van der Waals surface area contributed by atoms with Gasteiger partial charge in [0, 0.05) is 12.0 Å². The number of amides is 1. The van der Waals surface area contributed by atoms with Gasteiger partial charge in [-0.05, 0) is 36.3 Å². The van der Waals surface area contributed by atoms with Crippen molar-refractivity contribution in [2.24, 2.45) is 5.73 Å². The molecule has 0 bridgehead atoms. The van der Waals surface area contributed by atoms with Gasteiger partial charge in [-0.15, -0.1) is 0 Å². The van der Waals surface area contributed by atoms with Crippen LogP contribution in [0.4, 0.5) is 0 Å². The monoisotopic (exact) mass is 288 g/mol. The van der Waals surface area contributed by atoms with Crippen LogP contribution in [0, 0.1) is 0 Å². The highest BCUT2D eigenvalue weighted by Crippen LogP contribution is 2.43. The van der Waals surface area contributed by atoms with E-state index in [1.54, 1.807) is 6.92 Å².